The van der Waals surface area contributed by atoms with Crippen LogP contribution in [0, 0.1) is 0 Å². The van der Waals surface area contributed by atoms with Crippen molar-refractivity contribution in [1.82, 2.24) is 10.2 Å². The highest BCUT2D eigenvalue weighted by Gasteiger charge is 2.18. The van der Waals surface area contributed by atoms with Gasteiger partial charge in [0.1, 0.15) is 0 Å². The van der Waals surface area contributed by atoms with E-state index in [9.17, 15) is 17.2 Å². The summed E-state index contributed by atoms with van der Waals surface area (Å²) in [5, 5.41) is 7.41. The van der Waals surface area contributed by atoms with Gasteiger partial charge in [-0.25, -0.2) is 8.42 Å². The van der Waals surface area contributed by atoms with Crippen molar-refractivity contribution in [3.05, 3.63) is 54.2 Å². The average molecular weight is 350 g/mol. The van der Waals surface area contributed by atoms with E-state index in [-0.39, 0.29) is 16.2 Å². The van der Waals surface area contributed by atoms with Crippen molar-refractivity contribution in [3.63, 3.8) is 0 Å². The van der Waals surface area contributed by atoms with Gasteiger partial charge >= 0.3 is 0 Å². The van der Waals surface area contributed by atoms with Crippen LogP contribution in [0.1, 0.15) is 5.56 Å². The van der Waals surface area contributed by atoms with Gasteiger partial charge in [0, 0.05) is 16.8 Å². The van der Waals surface area contributed by atoms with Gasteiger partial charge in [-0.3, -0.25) is 14.0 Å². The minimum atomic E-state index is -3.90. The number of hydrogen-bond acceptors (Lipinski definition) is 5. The number of fused-ring (bicyclic) bond motifs is 1. The molecule has 0 spiro atoms. The number of nitrogens with zero attached hydrogens (tertiary/aromatic N) is 1. The Kier molecular flexibility index (Phi) is 4.16. The Labute approximate surface area is 135 Å². The van der Waals surface area contributed by atoms with Crippen LogP contribution in [0.2, 0.25) is 0 Å². The fourth-order valence-corrected chi connectivity index (χ4v) is 4.12. The fraction of sp³-hybridized carbons (Fsp3) is 0.0714. The van der Waals surface area contributed by atoms with E-state index in [1.54, 1.807) is 36.5 Å². The summed E-state index contributed by atoms with van der Waals surface area (Å²) in [5.41, 5.74) is 1.38. The Morgan fingerprint density at radius 3 is 2.78 bits per heavy atom. The van der Waals surface area contributed by atoms with Crippen LogP contribution in [0.5, 0.6) is 0 Å². The topological polar surface area (TPSA) is 115 Å². The molecule has 2 aromatic carbocycles. The van der Waals surface area contributed by atoms with Crippen LogP contribution in [-0.2, 0) is 26.9 Å². The molecule has 0 aliphatic heterocycles. The number of sulfonamides is 1. The summed E-state index contributed by atoms with van der Waals surface area (Å²) in [6.45, 7) is 0. The quantitative estimate of drug-likeness (QED) is 0.680. The molecule has 23 heavy (non-hydrogen) atoms. The molecule has 0 saturated heterocycles. The molecule has 2 N–H and O–H groups in total. The number of rotatable bonds is 5. The maximum Gasteiger partial charge on any atom is 0.262 e. The molecule has 1 unspecified atom stereocenters. The highest BCUT2D eigenvalue weighted by Crippen LogP contribution is 2.23. The molecule has 9 heteroatoms. The lowest BCUT2D eigenvalue weighted by molar-refractivity contribution is 0.536. The molecule has 120 valence electrons. The Bertz CT molecular complexity index is 982. The Balaban J connectivity index is 1.96. The van der Waals surface area contributed by atoms with Crippen LogP contribution in [0.25, 0.3) is 10.9 Å². The first-order chi connectivity index (χ1) is 11.0. The lowest BCUT2D eigenvalue weighted by Gasteiger charge is -2.13. The van der Waals surface area contributed by atoms with Crippen molar-refractivity contribution in [3.8, 4) is 0 Å². The molecular weight excluding hydrogens is 338 g/mol. The molecule has 0 radical (unpaired) electrons. The number of H-pyrrole nitrogens is 1. The summed E-state index contributed by atoms with van der Waals surface area (Å²) in [5.74, 6) is -0.363. The molecule has 1 aromatic heterocycles. The first kappa shape index (κ1) is 15.7. The van der Waals surface area contributed by atoms with E-state index in [0.29, 0.717) is 5.69 Å². The molecule has 1 heterocycles. The zero-order valence-corrected chi connectivity index (χ0v) is 13.4. The molecule has 0 amide bonds. The lowest BCUT2D eigenvalue weighted by atomic mass is 10.2. The van der Waals surface area contributed by atoms with Crippen molar-refractivity contribution in [2.24, 2.45) is 0 Å². The summed E-state index contributed by atoms with van der Waals surface area (Å²) < 4.78 is 49.3. The SMILES string of the molecule is O=S([O-])Cc1ccccc1S(=O)(=O)Nc1ccc2[nH]ncc2c1. The predicted octanol–water partition coefficient (Wildman–Crippen LogP) is 1.74. The van der Waals surface area contributed by atoms with Crippen molar-refractivity contribution < 1.29 is 17.2 Å². The van der Waals surface area contributed by atoms with Gasteiger partial charge < -0.3 is 4.55 Å². The second-order valence-corrected chi connectivity index (χ2v) is 7.38. The molecule has 0 saturated carbocycles. The Morgan fingerprint density at radius 1 is 1.22 bits per heavy atom. The smallest absolute Gasteiger partial charge is 0.262 e. The van der Waals surface area contributed by atoms with Gasteiger partial charge in [0.15, 0.2) is 0 Å². The second kappa shape index (κ2) is 6.11. The number of anilines is 1. The molecule has 0 fully saturated rings. The highest BCUT2D eigenvalue weighted by molar-refractivity contribution is 7.92. The maximum atomic E-state index is 12.5. The van der Waals surface area contributed by atoms with E-state index in [0.717, 1.165) is 10.9 Å². The molecule has 0 bridgehead atoms. The van der Waals surface area contributed by atoms with Crippen LogP contribution in [0.15, 0.2) is 53.6 Å². The third-order valence-corrected chi connectivity index (χ3v) is 5.26. The summed E-state index contributed by atoms with van der Waals surface area (Å²) in [7, 11) is -3.90. The van der Waals surface area contributed by atoms with Crippen molar-refractivity contribution in [2.45, 2.75) is 10.6 Å². The van der Waals surface area contributed by atoms with Gasteiger partial charge in [-0.05, 0) is 29.8 Å². The zero-order chi connectivity index (χ0) is 16.4. The van der Waals surface area contributed by atoms with E-state index in [4.69, 9.17) is 0 Å². The molecule has 1 atom stereocenters. The Morgan fingerprint density at radius 2 is 2.00 bits per heavy atom. The van der Waals surface area contributed by atoms with Crippen LogP contribution < -0.4 is 4.72 Å². The lowest BCUT2D eigenvalue weighted by Crippen LogP contribution is -2.15. The van der Waals surface area contributed by atoms with Gasteiger partial charge in [-0.15, -0.1) is 0 Å². The van der Waals surface area contributed by atoms with E-state index in [1.165, 1.54) is 12.1 Å². The summed E-state index contributed by atoms with van der Waals surface area (Å²) in [6.07, 6.45) is 1.58. The fourth-order valence-electron chi connectivity index (χ4n) is 2.23. The van der Waals surface area contributed by atoms with Crippen LogP contribution in [-0.4, -0.2) is 27.4 Å². The summed E-state index contributed by atoms with van der Waals surface area (Å²) in [6, 6.07) is 10.9. The standard InChI is InChI=1S/C14H13N3O4S2/c18-22(19)9-10-3-1-2-4-14(10)23(20,21)17-12-5-6-13-11(7-12)8-15-16-13/h1-8,17H,9H2,(H,15,16)(H,18,19)/p-1. The van der Waals surface area contributed by atoms with Gasteiger partial charge in [0.05, 0.1) is 16.6 Å². The van der Waals surface area contributed by atoms with Gasteiger partial charge in [0.25, 0.3) is 10.0 Å². The number of aromatic nitrogens is 2. The van der Waals surface area contributed by atoms with Crippen molar-refractivity contribution in [2.75, 3.05) is 4.72 Å². The van der Waals surface area contributed by atoms with Gasteiger partial charge in [-0.1, -0.05) is 29.3 Å². The molecule has 3 aromatic rings. The van der Waals surface area contributed by atoms with Crippen LogP contribution in [0.3, 0.4) is 0 Å². The molecule has 3 rings (SSSR count). The van der Waals surface area contributed by atoms with Crippen molar-refractivity contribution >= 4 is 37.7 Å². The third kappa shape index (κ3) is 3.41. The molecule has 0 aliphatic rings. The van der Waals surface area contributed by atoms with E-state index < -0.39 is 21.1 Å². The Hall–Kier alpha value is -2.23. The molecule has 0 aliphatic carbocycles. The maximum absolute atomic E-state index is 12.5. The predicted molar refractivity (Wildman–Crippen MR) is 86.0 cm³/mol. The summed E-state index contributed by atoms with van der Waals surface area (Å²) in [4.78, 5) is -0.0588. The summed E-state index contributed by atoms with van der Waals surface area (Å²) >= 11 is -2.38. The number of hydrogen-bond donors (Lipinski definition) is 2. The first-order valence-corrected chi connectivity index (χ1v) is 9.28. The minimum absolute atomic E-state index is 0.0588. The van der Waals surface area contributed by atoms with Crippen LogP contribution >= 0.6 is 0 Å². The normalized spacial score (nSPS) is 13.1. The van der Waals surface area contributed by atoms with E-state index in [2.05, 4.69) is 14.9 Å². The molecule has 7 nitrogen and oxygen atoms in total. The molecular formula is C14H12N3O4S2-. The van der Waals surface area contributed by atoms with Gasteiger partial charge in [-0.2, -0.15) is 5.10 Å². The second-order valence-electron chi connectivity index (χ2n) is 4.83. The monoisotopic (exact) mass is 350 g/mol. The highest BCUT2D eigenvalue weighted by atomic mass is 32.2. The van der Waals surface area contributed by atoms with E-state index >= 15 is 0 Å². The number of aromatic amines is 1. The van der Waals surface area contributed by atoms with Crippen molar-refractivity contribution in [1.29, 1.82) is 0 Å². The van der Waals surface area contributed by atoms with Gasteiger partial charge in [0.2, 0.25) is 0 Å². The third-order valence-electron chi connectivity index (χ3n) is 3.23. The zero-order valence-electron chi connectivity index (χ0n) is 11.7. The first-order valence-electron chi connectivity index (χ1n) is 6.55. The number of benzene rings is 2. The number of nitrogens with one attached hydrogen (secondary N) is 2. The minimum Gasteiger partial charge on any atom is -0.772 e. The van der Waals surface area contributed by atoms with E-state index in [1.807, 2.05) is 0 Å². The average Bonchev–Trinajstić information content (AvgIpc) is 2.94. The van der Waals surface area contributed by atoms with Crippen LogP contribution in [0.4, 0.5) is 5.69 Å². The largest absolute Gasteiger partial charge is 0.772 e.